The second-order valence-electron chi connectivity index (χ2n) is 4.53. The van der Waals surface area contributed by atoms with E-state index in [9.17, 15) is 15.0 Å². The molecule has 0 saturated carbocycles. The molecule has 0 fully saturated rings. The number of amides is 1. The van der Waals surface area contributed by atoms with Gasteiger partial charge >= 0.3 is 0 Å². The minimum atomic E-state index is -0.399. The van der Waals surface area contributed by atoms with Crippen molar-refractivity contribution in [1.29, 1.82) is 0 Å². The van der Waals surface area contributed by atoms with Gasteiger partial charge in [-0.05, 0) is 64.8 Å². The van der Waals surface area contributed by atoms with Crippen molar-refractivity contribution < 1.29 is 19.7 Å². The van der Waals surface area contributed by atoms with Crippen LogP contribution in [-0.2, 0) is 0 Å². The first-order valence-electron chi connectivity index (χ1n) is 6.79. The van der Waals surface area contributed by atoms with Crippen LogP contribution in [0.25, 0.3) is 0 Å². The number of aromatic hydroxyl groups is 2. The average Bonchev–Trinajstić information content (AvgIpc) is 2.53. The number of nitrogens with zero attached hydrogens (tertiary/aromatic N) is 1. The fourth-order valence-corrected chi connectivity index (χ4v) is 2.24. The lowest BCUT2D eigenvalue weighted by atomic mass is 10.2. The summed E-state index contributed by atoms with van der Waals surface area (Å²) >= 11 is 3.23. The number of phenolic OH excluding ortho intramolecular Hbond substituents is 2. The molecule has 23 heavy (non-hydrogen) atoms. The standard InChI is InChI=1S/C16H15BrN2O4/c1-2-23-14-8-10(7-13(17)15(14)21)9-18-19-16(22)11-3-5-12(20)6-4-11/h3-9,20-21H,2H2,1H3,(H,19,22)/b18-9-. The van der Waals surface area contributed by atoms with Crippen LogP contribution < -0.4 is 10.2 Å². The van der Waals surface area contributed by atoms with Crippen molar-refractivity contribution in [1.82, 2.24) is 5.43 Å². The van der Waals surface area contributed by atoms with Gasteiger partial charge in [0.1, 0.15) is 5.75 Å². The number of hydrazone groups is 1. The van der Waals surface area contributed by atoms with E-state index in [0.717, 1.165) is 0 Å². The average molecular weight is 379 g/mol. The molecule has 0 aliphatic rings. The normalized spacial score (nSPS) is 10.7. The van der Waals surface area contributed by atoms with Gasteiger partial charge in [-0.15, -0.1) is 0 Å². The molecule has 0 aromatic heterocycles. The molecule has 2 aromatic carbocycles. The SMILES string of the molecule is CCOc1cc(/C=N\NC(=O)c2ccc(O)cc2)cc(Br)c1O. The molecule has 0 spiro atoms. The molecule has 0 aliphatic heterocycles. The molecule has 120 valence electrons. The van der Waals surface area contributed by atoms with E-state index in [1.165, 1.54) is 30.5 Å². The maximum atomic E-state index is 11.9. The van der Waals surface area contributed by atoms with E-state index in [1.807, 2.05) is 6.92 Å². The lowest BCUT2D eigenvalue weighted by molar-refractivity contribution is 0.0955. The largest absolute Gasteiger partial charge is 0.508 e. The predicted octanol–water partition coefficient (Wildman–Crippen LogP) is 3.02. The Hall–Kier alpha value is -2.54. The molecular weight excluding hydrogens is 364 g/mol. The number of carbonyl (C=O) groups excluding carboxylic acids is 1. The highest BCUT2D eigenvalue weighted by atomic mass is 79.9. The lowest BCUT2D eigenvalue weighted by Crippen LogP contribution is -2.17. The van der Waals surface area contributed by atoms with Crippen LogP contribution in [0, 0.1) is 0 Å². The molecular formula is C16H15BrN2O4. The van der Waals surface area contributed by atoms with Crippen molar-refractivity contribution >= 4 is 28.1 Å². The smallest absolute Gasteiger partial charge is 0.271 e. The summed E-state index contributed by atoms with van der Waals surface area (Å²) in [5, 5.41) is 22.9. The van der Waals surface area contributed by atoms with E-state index in [0.29, 0.717) is 28.0 Å². The number of halogens is 1. The van der Waals surface area contributed by atoms with Crippen LogP contribution in [0.5, 0.6) is 17.2 Å². The van der Waals surface area contributed by atoms with Gasteiger partial charge in [0.25, 0.3) is 5.91 Å². The third-order valence-electron chi connectivity index (χ3n) is 2.86. The highest BCUT2D eigenvalue weighted by molar-refractivity contribution is 9.10. The van der Waals surface area contributed by atoms with Gasteiger partial charge in [-0.25, -0.2) is 5.43 Å². The van der Waals surface area contributed by atoms with Crippen LogP contribution in [0.4, 0.5) is 0 Å². The van der Waals surface area contributed by atoms with Crippen molar-refractivity contribution in [3.05, 3.63) is 52.0 Å². The summed E-state index contributed by atoms with van der Waals surface area (Å²) in [5.74, 6) is 0.0249. The minimum absolute atomic E-state index is 0.0112. The molecule has 0 atom stereocenters. The van der Waals surface area contributed by atoms with Crippen LogP contribution in [0.3, 0.4) is 0 Å². The van der Waals surface area contributed by atoms with E-state index >= 15 is 0 Å². The quantitative estimate of drug-likeness (QED) is 0.550. The molecule has 0 saturated heterocycles. The number of rotatable bonds is 5. The molecule has 0 unspecified atom stereocenters. The number of ether oxygens (including phenoxy) is 1. The Bertz CT molecular complexity index is 730. The Balaban J connectivity index is 2.08. The zero-order chi connectivity index (χ0) is 16.8. The second-order valence-corrected chi connectivity index (χ2v) is 5.38. The monoisotopic (exact) mass is 378 g/mol. The number of carbonyl (C=O) groups is 1. The Labute approximate surface area is 141 Å². The van der Waals surface area contributed by atoms with E-state index in [4.69, 9.17) is 4.74 Å². The third kappa shape index (κ3) is 4.46. The van der Waals surface area contributed by atoms with Crippen LogP contribution >= 0.6 is 15.9 Å². The number of benzene rings is 2. The first-order valence-corrected chi connectivity index (χ1v) is 7.58. The van der Waals surface area contributed by atoms with E-state index in [-0.39, 0.29) is 11.5 Å². The fraction of sp³-hybridized carbons (Fsp3) is 0.125. The van der Waals surface area contributed by atoms with Crippen LogP contribution in [0.15, 0.2) is 46.0 Å². The Morgan fingerprint density at radius 3 is 2.65 bits per heavy atom. The van der Waals surface area contributed by atoms with Gasteiger partial charge < -0.3 is 14.9 Å². The van der Waals surface area contributed by atoms with Crippen LogP contribution in [0.2, 0.25) is 0 Å². The topological polar surface area (TPSA) is 91.2 Å². The maximum Gasteiger partial charge on any atom is 0.271 e. The lowest BCUT2D eigenvalue weighted by Gasteiger charge is -2.08. The van der Waals surface area contributed by atoms with E-state index in [2.05, 4.69) is 26.5 Å². The van der Waals surface area contributed by atoms with Gasteiger partial charge in [0, 0.05) is 5.56 Å². The molecule has 0 radical (unpaired) electrons. The van der Waals surface area contributed by atoms with Gasteiger partial charge in [0.2, 0.25) is 0 Å². The molecule has 2 rings (SSSR count). The van der Waals surface area contributed by atoms with E-state index < -0.39 is 5.91 Å². The molecule has 6 nitrogen and oxygen atoms in total. The zero-order valence-corrected chi connectivity index (χ0v) is 13.9. The molecule has 3 N–H and O–H groups in total. The number of hydrogen-bond donors (Lipinski definition) is 3. The van der Waals surface area contributed by atoms with Crippen molar-refractivity contribution in [2.75, 3.05) is 6.61 Å². The van der Waals surface area contributed by atoms with Crippen LogP contribution in [0.1, 0.15) is 22.8 Å². The summed E-state index contributed by atoms with van der Waals surface area (Å²) in [5.41, 5.74) is 3.40. The highest BCUT2D eigenvalue weighted by Gasteiger charge is 2.08. The second kappa shape index (κ2) is 7.64. The summed E-state index contributed by atoms with van der Waals surface area (Å²) in [6.45, 7) is 2.23. The molecule has 2 aromatic rings. The Kier molecular flexibility index (Phi) is 5.59. The van der Waals surface area contributed by atoms with Crippen molar-refractivity contribution in [2.24, 2.45) is 5.10 Å². The van der Waals surface area contributed by atoms with Crippen LogP contribution in [-0.4, -0.2) is 28.9 Å². The maximum absolute atomic E-state index is 11.9. The molecule has 7 heteroatoms. The molecule has 1 amide bonds. The summed E-state index contributed by atoms with van der Waals surface area (Å²) < 4.78 is 5.78. The first-order chi connectivity index (χ1) is 11.0. The van der Waals surface area contributed by atoms with Crippen molar-refractivity contribution in [2.45, 2.75) is 6.92 Å². The minimum Gasteiger partial charge on any atom is -0.508 e. The van der Waals surface area contributed by atoms with Gasteiger partial charge in [0.05, 0.1) is 17.3 Å². The highest BCUT2D eigenvalue weighted by Crippen LogP contribution is 2.34. The van der Waals surface area contributed by atoms with Gasteiger partial charge in [-0.1, -0.05) is 0 Å². The predicted molar refractivity (Wildman–Crippen MR) is 90.1 cm³/mol. The summed E-state index contributed by atoms with van der Waals surface area (Å²) in [6, 6.07) is 9.08. The third-order valence-corrected chi connectivity index (χ3v) is 3.46. The Morgan fingerprint density at radius 2 is 2.00 bits per heavy atom. The Morgan fingerprint density at radius 1 is 1.30 bits per heavy atom. The number of hydrogen-bond acceptors (Lipinski definition) is 5. The first kappa shape index (κ1) is 16.8. The summed E-state index contributed by atoms with van der Waals surface area (Å²) in [7, 11) is 0. The molecule has 0 heterocycles. The van der Waals surface area contributed by atoms with Gasteiger partial charge in [0.15, 0.2) is 11.5 Å². The van der Waals surface area contributed by atoms with E-state index in [1.54, 1.807) is 12.1 Å². The number of nitrogens with one attached hydrogen (secondary N) is 1. The van der Waals surface area contributed by atoms with Gasteiger partial charge in [-0.3, -0.25) is 4.79 Å². The van der Waals surface area contributed by atoms with Gasteiger partial charge in [-0.2, -0.15) is 5.10 Å². The zero-order valence-electron chi connectivity index (χ0n) is 12.3. The van der Waals surface area contributed by atoms with Crippen molar-refractivity contribution in [3.63, 3.8) is 0 Å². The number of phenols is 2. The molecule has 0 aliphatic carbocycles. The fourth-order valence-electron chi connectivity index (χ4n) is 1.78. The summed E-state index contributed by atoms with van der Waals surface area (Å²) in [4.78, 5) is 11.9. The molecule has 0 bridgehead atoms. The summed E-state index contributed by atoms with van der Waals surface area (Å²) in [6.07, 6.45) is 1.44. The van der Waals surface area contributed by atoms with Crippen molar-refractivity contribution in [3.8, 4) is 17.2 Å².